The SMILES string of the molecule is COCCNCc1ccc(-n2nc(C)c(C)c2C)c(C)c1. The number of ether oxygens (including phenoxy) is 1. The van der Waals surface area contributed by atoms with E-state index in [1.54, 1.807) is 7.11 Å². The molecule has 0 saturated heterocycles. The summed E-state index contributed by atoms with van der Waals surface area (Å²) in [4.78, 5) is 0. The number of aryl methyl sites for hydroxylation is 2. The van der Waals surface area contributed by atoms with Crippen LogP contribution in [0.2, 0.25) is 0 Å². The molecule has 1 aromatic heterocycles. The molecule has 114 valence electrons. The van der Waals surface area contributed by atoms with Gasteiger partial charge in [-0.25, -0.2) is 4.68 Å². The summed E-state index contributed by atoms with van der Waals surface area (Å²) in [5, 5.41) is 8.01. The Morgan fingerprint density at radius 2 is 1.95 bits per heavy atom. The molecule has 0 radical (unpaired) electrons. The molecule has 0 amide bonds. The fraction of sp³-hybridized carbons (Fsp3) is 0.471. The first-order chi connectivity index (χ1) is 10.0. The van der Waals surface area contributed by atoms with Crippen molar-refractivity contribution >= 4 is 0 Å². The van der Waals surface area contributed by atoms with E-state index in [2.05, 4.69) is 56.3 Å². The lowest BCUT2D eigenvalue weighted by Gasteiger charge is -2.11. The van der Waals surface area contributed by atoms with Crippen molar-refractivity contribution in [1.82, 2.24) is 15.1 Å². The van der Waals surface area contributed by atoms with Crippen molar-refractivity contribution < 1.29 is 4.74 Å². The molecule has 2 rings (SSSR count). The van der Waals surface area contributed by atoms with Crippen molar-refractivity contribution in [2.24, 2.45) is 0 Å². The van der Waals surface area contributed by atoms with Crippen LogP contribution in [0.25, 0.3) is 5.69 Å². The molecule has 0 saturated carbocycles. The van der Waals surface area contributed by atoms with Crippen LogP contribution in [0, 0.1) is 27.7 Å². The second kappa shape index (κ2) is 6.87. The molecule has 4 heteroatoms. The first kappa shape index (κ1) is 15.7. The molecule has 1 aromatic carbocycles. The molecule has 1 N–H and O–H groups in total. The van der Waals surface area contributed by atoms with Crippen LogP contribution in [-0.4, -0.2) is 30.0 Å². The molecule has 0 bridgehead atoms. The summed E-state index contributed by atoms with van der Waals surface area (Å²) < 4.78 is 7.08. The fourth-order valence-electron chi connectivity index (χ4n) is 2.43. The maximum atomic E-state index is 5.03. The van der Waals surface area contributed by atoms with Crippen molar-refractivity contribution in [2.45, 2.75) is 34.2 Å². The zero-order chi connectivity index (χ0) is 15.4. The number of rotatable bonds is 6. The van der Waals surface area contributed by atoms with Gasteiger partial charge in [0, 0.05) is 25.9 Å². The van der Waals surface area contributed by atoms with Gasteiger partial charge in [0.1, 0.15) is 0 Å². The van der Waals surface area contributed by atoms with Gasteiger partial charge in [0.05, 0.1) is 18.0 Å². The summed E-state index contributed by atoms with van der Waals surface area (Å²) in [5.74, 6) is 0. The maximum absolute atomic E-state index is 5.03. The lowest BCUT2D eigenvalue weighted by Crippen LogP contribution is -2.18. The van der Waals surface area contributed by atoms with Crippen LogP contribution in [0.5, 0.6) is 0 Å². The third-order valence-corrected chi connectivity index (χ3v) is 3.95. The maximum Gasteiger partial charge on any atom is 0.0678 e. The van der Waals surface area contributed by atoms with Crippen LogP contribution in [0.4, 0.5) is 0 Å². The van der Waals surface area contributed by atoms with Gasteiger partial charge in [0.2, 0.25) is 0 Å². The monoisotopic (exact) mass is 287 g/mol. The number of methoxy groups -OCH3 is 1. The zero-order valence-electron chi connectivity index (χ0n) is 13.7. The van der Waals surface area contributed by atoms with E-state index in [9.17, 15) is 0 Å². The third kappa shape index (κ3) is 3.52. The smallest absolute Gasteiger partial charge is 0.0678 e. The van der Waals surface area contributed by atoms with Crippen molar-refractivity contribution in [2.75, 3.05) is 20.3 Å². The van der Waals surface area contributed by atoms with E-state index in [1.165, 1.54) is 22.4 Å². The quantitative estimate of drug-likeness (QED) is 0.830. The van der Waals surface area contributed by atoms with E-state index in [0.717, 1.165) is 31.1 Å². The Bertz CT molecular complexity index is 617. The van der Waals surface area contributed by atoms with Crippen LogP contribution in [0.1, 0.15) is 28.1 Å². The third-order valence-electron chi connectivity index (χ3n) is 3.95. The normalized spacial score (nSPS) is 11.1. The Morgan fingerprint density at radius 3 is 2.52 bits per heavy atom. The summed E-state index contributed by atoms with van der Waals surface area (Å²) in [6.45, 7) is 10.9. The van der Waals surface area contributed by atoms with Crippen LogP contribution in [0.15, 0.2) is 18.2 Å². The zero-order valence-corrected chi connectivity index (χ0v) is 13.7. The minimum absolute atomic E-state index is 0.738. The summed E-state index contributed by atoms with van der Waals surface area (Å²) in [5.41, 5.74) is 7.25. The molecule has 0 aliphatic rings. The average molecular weight is 287 g/mol. The van der Waals surface area contributed by atoms with E-state index >= 15 is 0 Å². The number of nitrogens with zero attached hydrogens (tertiary/aromatic N) is 2. The topological polar surface area (TPSA) is 39.1 Å². The minimum atomic E-state index is 0.738. The van der Waals surface area contributed by atoms with Crippen LogP contribution in [0.3, 0.4) is 0 Å². The van der Waals surface area contributed by atoms with Crippen LogP contribution >= 0.6 is 0 Å². The number of nitrogens with one attached hydrogen (secondary N) is 1. The Balaban J connectivity index is 2.17. The van der Waals surface area contributed by atoms with Crippen molar-refractivity contribution in [1.29, 1.82) is 0 Å². The summed E-state index contributed by atoms with van der Waals surface area (Å²) in [6, 6.07) is 6.54. The van der Waals surface area contributed by atoms with E-state index in [4.69, 9.17) is 4.74 Å². The van der Waals surface area contributed by atoms with Gasteiger partial charge < -0.3 is 10.1 Å². The molecule has 0 atom stereocenters. The van der Waals surface area contributed by atoms with Gasteiger partial charge in [-0.1, -0.05) is 12.1 Å². The summed E-state index contributed by atoms with van der Waals surface area (Å²) in [7, 11) is 1.72. The molecule has 0 aliphatic heterocycles. The van der Waals surface area contributed by atoms with Crippen LogP contribution < -0.4 is 5.32 Å². The number of aromatic nitrogens is 2. The molecule has 0 aliphatic carbocycles. The van der Waals surface area contributed by atoms with Gasteiger partial charge in [-0.3, -0.25) is 0 Å². The fourth-order valence-corrected chi connectivity index (χ4v) is 2.43. The average Bonchev–Trinajstić information content (AvgIpc) is 2.71. The molecule has 0 fully saturated rings. The van der Waals surface area contributed by atoms with Crippen LogP contribution in [-0.2, 0) is 11.3 Å². The van der Waals surface area contributed by atoms with Gasteiger partial charge in [0.25, 0.3) is 0 Å². The number of benzene rings is 1. The highest BCUT2D eigenvalue weighted by Gasteiger charge is 2.11. The number of hydrogen-bond acceptors (Lipinski definition) is 3. The Morgan fingerprint density at radius 1 is 1.19 bits per heavy atom. The minimum Gasteiger partial charge on any atom is -0.383 e. The molecule has 0 unspecified atom stereocenters. The van der Waals surface area contributed by atoms with Gasteiger partial charge >= 0.3 is 0 Å². The van der Waals surface area contributed by atoms with E-state index < -0.39 is 0 Å². The molecule has 1 heterocycles. The predicted molar refractivity (Wildman–Crippen MR) is 86.1 cm³/mol. The van der Waals surface area contributed by atoms with Crippen molar-refractivity contribution in [3.8, 4) is 5.69 Å². The molecular formula is C17H25N3O. The summed E-state index contributed by atoms with van der Waals surface area (Å²) >= 11 is 0. The second-order valence-corrected chi connectivity index (χ2v) is 5.50. The first-order valence-corrected chi connectivity index (χ1v) is 7.37. The van der Waals surface area contributed by atoms with E-state index in [-0.39, 0.29) is 0 Å². The molecule has 21 heavy (non-hydrogen) atoms. The van der Waals surface area contributed by atoms with Gasteiger partial charge in [-0.15, -0.1) is 0 Å². The molecular weight excluding hydrogens is 262 g/mol. The molecule has 2 aromatic rings. The van der Waals surface area contributed by atoms with E-state index in [0.29, 0.717) is 0 Å². The summed E-state index contributed by atoms with van der Waals surface area (Å²) in [6.07, 6.45) is 0. The highest BCUT2D eigenvalue weighted by atomic mass is 16.5. The molecule has 0 spiro atoms. The highest BCUT2D eigenvalue weighted by molar-refractivity contribution is 5.44. The van der Waals surface area contributed by atoms with Crippen molar-refractivity contribution in [3.05, 3.63) is 46.3 Å². The standard InChI is InChI=1S/C17H25N3O/c1-12-10-16(11-18-8-9-21-5)6-7-17(12)20-15(4)13(2)14(3)19-20/h6-7,10,18H,8-9,11H2,1-5H3. The van der Waals surface area contributed by atoms with Crippen molar-refractivity contribution in [3.63, 3.8) is 0 Å². The predicted octanol–water partition coefficient (Wildman–Crippen LogP) is 2.84. The molecule has 4 nitrogen and oxygen atoms in total. The Labute approximate surface area is 127 Å². The Hall–Kier alpha value is -1.65. The Kier molecular flexibility index (Phi) is 5.15. The lowest BCUT2D eigenvalue weighted by molar-refractivity contribution is 0.199. The largest absolute Gasteiger partial charge is 0.383 e. The van der Waals surface area contributed by atoms with Gasteiger partial charge in [0.15, 0.2) is 0 Å². The lowest BCUT2D eigenvalue weighted by atomic mass is 10.1. The second-order valence-electron chi connectivity index (χ2n) is 5.50. The van der Waals surface area contributed by atoms with Gasteiger partial charge in [-0.2, -0.15) is 5.10 Å². The number of hydrogen-bond donors (Lipinski definition) is 1. The highest BCUT2D eigenvalue weighted by Crippen LogP contribution is 2.20. The van der Waals surface area contributed by atoms with E-state index in [1.807, 2.05) is 4.68 Å². The van der Waals surface area contributed by atoms with Gasteiger partial charge in [-0.05, 0) is 50.5 Å². The first-order valence-electron chi connectivity index (χ1n) is 7.37.